The number of aromatic carboxylic acids is 1. The Labute approximate surface area is 171 Å². The van der Waals surface area contributed by atoms with Crippen molar-refractivity contribution in [3.8, 4) is 0 Å². The average molecular weight is 405 g/mol. The standard InChI is InChI=1S/C22H19N3O5/c1-12(20(27)15-7-8-18-14(11-15)9-10-24(18)13(2)26)25-21(28)17-6-4-3-5-16(17)19(23-25)22(29)30/h3-8,11-12H,9-10H2,1-2H3,(H,29,30). The molecule has 0 saturated carbocycles. The van der Waals surface area contributed by atoms with Crippen molar-refractivity contribution in [1.82, 2.24) is 9.78 Å². The zero-order chi connectivity index (χ0) is 21.6. The van der Waals surface area contributed by atoms with Crippen LogP contribution in [0.15, 0.2) is 47.3 Å². The van der Waals surface area contributed by atoms with E-state index in [4.69, 9.17) is 0 Å². The summed E-state index contributed by atoms with van der Waals surface area (Å²) >= 11 is 0. The van der Waals surface area contributed by atoms with Crippen molar-refractivity contribution in [1.29, 1.82) is 0 Å². The minimum Gasteiger partial charge on any atom is -0.476 e. The largest absolute Gasteiger partial charge is 0.476 e. The van der Waals surface area contributed by atoms with Gasteiger partial charge in [0, 0.05) is 30.1 Å². The van der Waals surface area contributed by atoms with Crippen LogP contribution in [0.2, 0.25) is 0 Å². The van der Waals surface area contributed by atoms with Crippen LogP contribution >= 0.6 is 0 Å². The Bertz CT molecular complexity index is 1280. The first-order valence-corrected chi connectivity index (χ1v) is 9.49. The predicted octanol–water partition coefficient (Wildman–Crippen LogP) is 2.45. The number of carboxylic acids is 1. The number of carbonyl (C=O) groups is 3. The fourth-order valence-corrected chi connectivity index (χ4v) is 3.86. The van der Waals surface area contributed by atoms with Gasteiger partial charge in [-0.3, -0.25) is 14.4 Å². The summed E-state index contributed by atoms with van der Waals surface area (Å²) in [5.74, 6) is -1.70. The van der Waals surface area contributed by atoms with Crippen molar-refractivity contribution >= 4 is 34.1 Å². The quantitative estimate of drug-likeness (QED) is 0.668. The summed E-state index contributed by atoms with van der Waals surface area (Å²) in [6.07, 6.45) is 0.641. The Kier molecular flexibility index (Phi) is 4.69. The number of hydrogen-bond donors (Lipinski definition) is 1. The Morgan fingerprint density at radius 1 is 1.10 bits per heavy atom. The molecular weight excluding hydrogens is 386 g/mol. The number of carboxylic acid groups (broad SMARTS) is 1. The molecule has 0 saturated heterocycles. The average Bonchev–Trinajstić information content (AvgIpc) is 3.16. The lowest BCUT2D eigenvalue weighted by Crippen LogP contribution is -2.32. The zero-order valence-electron chi connectivity index (χ0n) is 16.5. The molecule has 4 rings (SSSR count). The van der Waals surface area contributed by atoms with Crippen LogP contribution in [0.3, 0.4) is 0 Å². The number of carbonyl (C=O) groups excluding carboxylic acids is 2. The molecule has 0 spiro atoms. The maximum atomic E-state index is 13.1. The first kappa shape index (κ1) is 19.5. The van der Waals surface area contributed by atoms with Gasteiger partial charge in [-0.05, 0) is 43.2 Å². The van der Waals surface area contributed by atoms with Gasteiger partial charge in [0.05, 0.1) is 5.39 Å². The lowest BCUT2D eigenvalue weighted by atomic mass is 10.0. The molecule has 1 aliphatic heterocycles. The number of hydrogen-bond acceptors (Lipinski definition) is 5. The maximum absolute atomic E-state index is 13.1. The van der Waals surface area contributed by atoms with Gasteiger partial charge in [-0.2, -0.15) is 5.10 Å². The molecule has 0 aliphatic carbocycles. The fraction of sp³-hybridized carbons (Fsp3) is 0.227. The van der Waals surface area contributed by atoms with Gasteiger partial charge >= 0.3 is 5.97 Å². The summed E-state index contributed by atoms with van der Waals surface area (Å²) in [5, 5.41) is 13.9. The minimum absolute atomic E-state index is 0.0608. The number of Topliss-reactive ketones (excluding diaryl/α,β-unsaturated/α-hetero) is 1. The summed E-state index contributed by atoms with van der Waals surface area (Å²) < 4.78 is 0.934. The van der Waals surface area contributed by atoms with E-state index in [0.29, 0.717) is 18.5 Å². The van der Waals surface area contributed by atoms with E-state index in [0.717, 1.165) is 15.9 Å². The normalized spacial score (nSPS) is 13.9. The Hall–Kier alpha value is -3.81. The van der Waals surface area contributed by atoms with E-state index in [1.807, 2.05) is 0 Å². The first-order valence-electron chi connectivity index (χ1n) is 9.49. The zero-order valence-corrected chi connectivity index (χ0v) is 16.5. The van der Waals surface area contributed by atoms with Gasteiger partial charge in [0.15, 0.2) is 11.5 Å². The highest BCUT2D eigenvalue weighted by Gasteiger charge is 2.27. The third-order valence-corrected chi connectivity index (χ3v) is 5.42. The summed E-state index contributed by atoms with van der Waals surface area (Å²) in [5.41, 5.74) is 1.23. The second-order valence-electron chi connectivity index (χ2n) is 7.25. The molecule has 3 aromatic rings. The van der Waals surface area contributed by atoms with Crippen LogP contribution in [-0.2, 0) is 11.2 Å². The highest BCUT2D eigenvalue weighted by molar-refractivity contribution is 6.03. The maximum Gasteiger partial charge on any atom is 0.357 e. The second kappa shape index (κ2) is 7.22. The van der Waals surface area contributed by atoms with Crippen molar-refractivity contribution in [2.24, 2.45) is 0 Å². The molecule has 1 atom stereocenters. The van der Waals surface area contributed by atoms with Crippen LogP contribution in [0.5, 0.6) is 0 Å². The summed E-state index contributed by atoms with van der Waals surface area (Å²) in [7, 11) is 0. The van der Waals surface area contributed by atoms with Crippen LogP contribution in [-0.4, -0.2) is 39.1 Å². The van der Waals surface area contributed by atoms with Gasteiger partial charge in [0.2, 0.25) is 5.91 Å². The number of fused-ring (bicyclic) bond motifs is 2. The van der Waals surface area contributed by atoms with Crippen LogP contribution < -0.4 is 10.5 Å². The number of rotatable bonds is 4. The molecule has 0 bridgehead atoms. The third-order valence-electron chi connectivity index (χ3n) is 5.42. The number of nitrogens with zero attached hydrogens (tertiary/aromatic N) is 3. The highest BCUT2D eigenvalue weighted by Crippen LogP contribution is 2.30. The monoisotopic (exact) mass is 405 g/mol. The van der Waals surface area contributed by atoms with Crippen molar-refractivity contribution in [3.05, 3.63) is 69.6 Å². The van der Waals surface area contributed by atoms with Crippen LogP contribution in [0.4, 0.5) is 5.69 Å². The van der Waals surface area contributed by atoms with E-state index in [1.165, 1.54) is 26.0 Å². The first-order chi connectivity index (χ1) is 14.3. The van der Waals surface area contributed by atoms with Gasteiger partial charge in [-0.25, -0.2) is 9.48 Å². The van der Waals surface area contributed by atoms with E-state index in [1.54, 1.807) is 35.2 Å². The highest BCUT2D eigenvalue weighted by atomic mass is 16.4. The molecule has 1 unspecified atom stereocenters. The molecular formula is C22H19N3O5. The van der Waals surface area contributed by atoms with E-state index < -0.39 is 17.6 Å². The van der Waals surface area contributed by atoms with Gasteiger partial charge < -0.3 is 10.0 Å². The molecule has 152 valence electrons. The number of aromatic nitrogens is 2. The third kappa shape index (κ3) is 3.06. The second-order valence-corrected chi connectivity index (χ2v) is 7.25. The molecule has 2 aromatic carbocycles. The molecule has 1 N–H and O–H groups in total. The smallest absolute Gasteiger partial charge is 0.357 e. The molecule has 8 nitrogen and oxygen atoms in total. The molecule has 2 heterocycles. The Balaban J connectivity index is 1.76. The summed E-state index contributed by atoms with van der Waals surface area (Å²) in [6.45, 7) is 3.58. The number of anilines is 1. The van der Waals surface area contributed by atoms with Crippen LogP contribution in [0, 0.1) is 0 Å². The fourth-order valence-electron chi connectivity index (χ4n) is 3.86. The lowest BCUT2D eigenvalue weighted by Gasteiger charge is -2.17. The Morgan fingerprint density at radius 3 is 2.47 bits per heavy atom. The Morgan fingerprint density at radius 2 is 1.80 bits per heavy atom. The van der Waals surface area contributed by atoms with E-state index >= 15 is 0 Å². The van der Waals surface area contributed by atoms with E-state index in [-0.39, 0.29) is 28.2 Å². The van der Waals surface area contributed by atoms with Crippen molar-refractivity contribution in [3.63, 3.8) is 0 Å². The number of amides is 1. The van der Waals surface area contributed by atoms with Crippen LogP contribution in [0.1, 0.15) is 46.3 Å². The van der Waals surface area contributed by atoms with Crippen molar-refractivity contribution in [2.45, 2.75) is 26.3 Å². The van der Waals surface area contributed by atoms with Crippen LogP contribution in [0.25, 0.3) is 10.8 Å². The molecule has 0 radical (unpaired) electrons. The number of benzene rings is 2. The van der Waals surface area contributed by atoms with Gasteiger partial charge in [0.1, 0.15) is 6.04 Å². The minimum atomic E-state index is -1.28. The molecule has 8 heteroatoms. The van der Waals surface area contributed by atoms with Gasteiger partial charge in [-0.15, -0.1) is 0 Å². The molecule has 1 amide bonds. The van der Waals surface area contributed by atoms with Crippen molar-refractivity contribution in [2.75, 3.05) is 11.4 Å². The van der Waals surface area contributed by atoms with Gasteiger partial charge in [-0.1, -0.05) is 18.2 Å². The van der Waals surface area contributed by atoms with Gasteiger partial charge in [0.25, 0.3) is 5.56 Å². The number of ketones is 1. The van der Waals surface area contributed by atoms with E-state index in [9.17, 15) is 24.3 Å². The summed E-state index contributed by atoms with van der Waals surface area (Å²) in [4.78, 5) is 51.0. The molecule has 1 aliphatic rings. The SMILES string of the molecule is CC(=O)N1CCc2cc(C(=O)C(C)n3nc(C(=O)O)c4ccccc4c3=O)ccc21. The van der Waals surface area contributed by atoms with E-state index in [2.05, 4.69) is 5.10 Å². The lowest BCUT2D eigenvalue weighted by molar-refractivity contribution is -0.116. The topological polar surface area (TPSA) is 110 Å². The predicted molar refractivity (Wildman–Crippen MR) is 110 cm³/mol. The van der Waals surface area contributed by atoms with Crippen molar-refractivity contribution < 1.29 is 19.5 Å². The molecule has 1 aromatic heterocycles. The molecule has 30 heavy (non-hydrogen) atoms. The molecule has 0 fully saturated rings. The summed E-state index contributed by atoms with van der Waals surface area (Å²) in [6, 6.07) is 10.4.